The molecule has 2 fully saturated rings. The molecule has 15 heteroatoms. The fourth-order valence-corrected chi connectivity index (χ4v) is 8.30. The van der Waals surface area contributed by atoms with E-state index in [0.717, 1.165) is 51.6 Å². The van der Waals surface area contributed by atoms with E-state index in [2.05, 4.69) is 20.6 Å². The summed E-state index contributed by atoms with van der Waals surface area (Å²) in [5.41, 5.74) is 3.47. The van der Waals surface area contributed by atoms with Crippen molar-refractivity contribution in [2.75, 3.05) is 19.7 Å². The van der Waals surface area contributed by atoms with Crippen LogP contribution in [0, 0.1) is 11.8 Å². The molecular formula is C38H48N8O6S. The third kappa shape index (κ3) is 8.20. The van der Waals surface area contributed by atoms with Crippen LogP contribution in [0.1, 0.15) is 77.0 Å². The van der Waals surface area contributed by atoms with E-state index in [-0.39, 0.29) is 47.8 Å². The number of nitrogens with zero attached hydrogens (tertiary/aromatic N) is 5. The molecule has 0 radical (unpaired) electrons. The standard InChI is InChI=1S/C38H48N8O6S/c1-21(2)33(40-23(5)48)36(51)45-14-6-8-29(45)31(49)16-26-18-44-19-28(42-38(44)53-26)25-12-10-24(11-13-25)27-17-39-35(41-27)30-9-7-15-46(30)37(52)34(22(3)4)43-32(50)20-47/h10-13,17-19,21-22,29-30,33-34,47H,6-9,14-16,20H2,1-5H3,(H,39,41)(H,40,48)(H,43,50)/t29-,30-,33-,34-/m0/s1. The molecule has 2 aliphatic rings. The Morgan fingerprint density at radius 2 is 1.55 bits per heavy atom. The highest BCUT2D eigenvalue weighted by molar-refractivity contribution is 7.17. The van der Waals surface area contributed by atoms with Gasteiger partial charge in [-0.25, -0.2) is 9.97 Å². The largest absolute Gasteiger partial charge is 0.387 e. The molecular weight excluding hydrogens is 697 g/mol. The molecule has 282 valence electrons. The van der Waals surface area contributed by atoms with Crippen LogP contribution in [0.2, 0.25) is 0 Å². The molecule has 53 heavy (non-hydrogen) atoms. The normalized spacial score (nSPS) is 18.6. The second kappa shape index (κ2) is 16.0. The first-order chi connectivity index (χ1) is 25.3. The Kier molecular flexibility index (Phi) is 11.4. The minimum absolute atomic E-state index is 0.0120. The second-order valence-electron chi connectivity index (χ2n) is 14.7. The summed E-state index contributed by atoms with van der Waals surface area (Å²) >= 11 is 1.45. The third-order valence-electron chi connectivity index (χ3n) is 10.1. The average molecular weight is 745 g/mol. The number of rotatable bonds is 13. The molecule has 4 atom stereocenters. The maximum atomic E-state index is 13.5. The summed E-state index contributed by atoms with van der Waals surface area (Å²) < 4.78 is 1.93. The molecule has 4 N–H and O–H groups in total. The number of H-pyrrole nitrogens is 1. The quantitative estimate of drug-likeness (QED) is 0.161. The van der Waals surface area contributed by atoms with E-state index in [0.29, 0.717) is 25.3 Å². The molecule has 4 aromatic rings. The Hall–Kier alpha value is -4.89. The lowest BCUT2D eigenvalue weighted by Crippen LogP contribution is -2.53. The lowest BCUT2D eigenvalue weighted by molar-refractivity contribution is -0.141. The van der Waals surface area contributed by atoms with Gasteiger partial charge in [0.15, 0.2) is 10.7 Å². The minimum Gasteiger partial charge on any atom is -0.387 e. The molecule has 0 aliphatic carbocycles. The molecule has 2 saturated heterocycles. The number of aliphatic hydroxyl groups excluding tert-OH is 1. The van der Waals surface area contributed by atoms with E-state index in [4.69, 9.17) is 4.98 Å². The smallest absolute Gasteiger partial charge is 0.246 e. The van der Waals surface area contributed by atoms with E-state index in [9.17, 15) is 29.1 Å². The summed E-state index contributed by atoms with van der Waals surface area (Å²) in [5.74, 6) is -0.793. The van der Waals surface area contributed by atoms with E-state index in [1.54, 1.807) is 16.0 Å². The first-order valence-corrected chi connectivity index (χ1v) is 19.1. The van der Waals surface area contributed by atoms with Gasteiger partial charge in [-0.15, -0.1) is 11.3 Å². The van der Waals surface area contributed by atoms with Gasteiger partial charge in [-0.1, -0.05) is 52.0 Å². The van der Waals surface area contributed by atoms with Crippen molar-refractivity contribution in [3.63, 3.8) is 0 Å². The van der Waals surface area contributed by atoms with Gasteiger partial charge in [-0.3, -0.25) is 28.4 Å². The molecule has 5 heterocycles. The van der Waals surface area contributed by atoms with Gasteiger partial charge in [0.05, 0.1) is 29.7 Å². The number of nitrogens with one attached hydrogen (secondary N) is 3. The van der Waals surface area contributed by atoms with Gasteiger partial charge in [0.1, 0.15) is 24.5 Å². The van der Waals surface area contributed by atoms with Gasteiger partial charge >= 0.3 is 0 Å². The lowest BCUT2D eigenvalue weighted by Gasteiger charge is -2.30. The topological polar surface area (TPSA) is 182 Å². The van der Waals surface area contributed by atoms with Crippen molar-refractivity contribution in [1.82, 2.24) is 39.8 Å². The summed E-state index contributed by atoms with van der Waals surface area (Å²) in [6, 6.07) is 5.83. The number of carbonyl (C=O) groups is 5. The molecule has 4 amide bonds. The van der Waals surface area contributed by atoms with E-state index in [1.165, 1.54) is 18.3 Å². The highest BCUT2D eigenvalue weighted by atomic mass is 32.1. The van der Waals surface area contributed by atoms with Crippen molar-refractivity contribution in [1.29, 1.82) is 0 Å². The Bertz CT molecular complexity index is 1950. The molecule has 0 bridgehead atoms. The summed E-state index contributed by atoms with van der Waals surface area (Å²) in [6.07, 6.45) is 8.76. The number of aliphatic hydroxyl groups is 1. The third-order valence-corrected chi connectivity index (χ3v) is 11.1. The maximum Gasteiger partial charge on any atom is 0.246 e. The SMILES string of the molecule is CC(=O)N[C@H](C(=O)N1CCC[C@H]1C(=O)Cc1cn2cc(-c3ccc(-c4cnc([C@@H]5CCCN5C(=O)[C@@H](NC(=O)CO)C(C)C)[nH]4)cc3)nc2s1)C(C)C. The van der Waals surface area contributed by atoms with Crippen LogP contribution in [-0.2, 0) is 30.4 Å². The molecule has 3 aromatic heterocycles. The predicted molar refractivity (Wildman–Crippen MR) is 200 cm³/mol. The summed E-state index contributed by atoms with van der Waals surface area (Å²) in [5, 5.41) is 14.6. The van der Waals surface area contributed by atoms with Crippen molar-refractivity contribution in [3.8, 4) is 22.5 Å². The summed E-state index contributed by atoms with van der Waals surface area (Å²) in [6.45, 7) is 9.29. The Balaban J connectivity index is 1.10. The van der Waals surface area contributed by atoms with Crippen LogP contribution in [0.15, 0.2) is 42.9 Å². The molecule has 1 aromatic carbocycles. The number of ketones is 1. The molecule has 14 nitrogen and oxygen atoms in total. The van der Waals surface area contributed by atoms with Crippen molar-refractivity contribution in [2.45, 2.75) is 90.9 Å². The lowest BCUT2D eigenvalue weighted by atomic mass is 10.0. The van der Waals surface area contributed by atoms with Crippen LogP contribution in [0.5, 0.6) is 0 Å². The first kappa shape index (κ1) is 37.9. The van der Waals surface area contributed by atoms with Crippen LogP contribution >= 0.6 is 11.3 Å². The second-order valence-corrected chi connectivity index (χ2v) is 15.8. The van der Waals surface area contributed by atoms with Crippen LogP contribution in [0.25, 0.3) is 27.5 Å². The first-order valence-electron chi connectivity index (χ1n) is 18.3. The number of fused-ring (bicyclic) bond motifs is 1. The molecule has 0 spiro atoms. The van der Waals surface area contributed by atoms with Crippen molar-refractivity contribution < 1.29 is 29.1 Å². The molecule has 0 unspecified atom stereocenters. The van der Waals surface area contributed by atoms with Crippen LogP contribution in [0.4, 0.5) is 0 Å². The highest BCUT2D eigenvalue weighted by Crippen LogP contribution is 2.33. The van der Waals surface area contributed by atoms with Crippen LogP contribution in [-0.4, -0.2) is 101 Å². The van der Waals surface area contributed by atoms with Crippen molar-refractivity contribution in [3.05, 3.63) is 53.6 Å². The number of imidazole rings is 2. The number of aromatic nitrogens is 4. The number of hydrogen-bond donors (Lipinski definition) is 4. The zero-order valence-corrected chi connectivity index (χ0v) is 31.6. The van der Waals surface area contributed by atoms with Gasteiger partial charge in [0.2, 0.25) is 23.6 Å². The number of Topliss-reactive ketones (excluding diaryl/α,β-unsaturated/α-hetero) is 1. The summed E-state index contributed by atoms with van der Waals surface area (Å²) in [4.78, 5) is 81.8. The zero-order chi connectivity index (χ0) is 38.0. The van der Waals surface area contributed by atoms with E-state index < -0.39 is 30.6 Å². The van der Waals surface area contributed by atoms with E-state index >= 15 is 0 Å². The molecule has 6 rings (SSSR count). The number of hydrogen-bond acceptors (Lipinski definition) is 9. The van der Waals surface area contributed by atoms with Gasteiger partial charge in [-0.05, 0) is 43.1 Å². The van der Waals surface area contributed by atoms with Crippen LogP contribution in [0.3, 0.4) is 0 Å². The van der Waals surface area contributed by atoms with E-state index in [1.807, 2.05) is 68.8 Å². The van der Waals surface area contributed by atoms with Gasteiger partial charge < -0.3 is 30.5 Å². The number of carbonyl (C=O) groups excluding carboxylic acids is 5. The average Bonchev–Trinajstić information content (AvgIpc) is 3.96. The maximum absolute atomic E-state index is 13.5. The Morgan fingerprint density at radius 1 is 0.906 bits per heavy atom. The fourth-order valence-electron chi connectivity index (χ4n) is 7.33. The van der Waals surface area contributed by atoms with Crippen LogP contribution < -0.4 is 10.6 Å². The number of aromatic amines is 1. The molecule has 2 aliphatic heterocycles. The number of benzene rings is 1. The predicted octanol–water partition coefficient (Wildman–Crippen LogP) is 3.51. The van der Waals surface area contributed by atoms with Crippen molar-refractivity contribution >= 4 is 45.7 Å². The number of thiazole rings is 1. The monoisotopic (exact) mass is 744 g/mol. The Labute approximate surface area is 312 Å². The number of amides is 4. The summed E-state index contributed by atoms with van der Waals surface area (Å²) in [7, 11) is 0. The fraction of sp³-hybridized carbons (Fsp3) is 0.500. The molecule has 0 saturated carbocycles. The highest BCUT2D eigenvalue weighted by Gasteiger charge is 2.39. The number of likely N-dealkylation sites (tertiary alicyclic amines) is 2. The van der Waals surface area contributed by atoms with Gasteiger partial charge in [0, 0.05) is 49.3 Å². The van der Waals surface area contributed by atoms with Gasteiger partial charge in [0.25, 0.3) is 0 Å². The van der Waals surface area contributed by atoms with Crippen molar-refractivity contribution in [2.24, 2.45) is 11.8 Å². The van der Waals surface area contributed by atoms with Gasteiger partial charge in [-0.2, -0.15) is 0 Å². The minimum atomic E-state index is -0.731. The Morgan fingerprint density at radius 3 is 2.21 bits per heavy atom. The zero-order valence-electron chi connectivity index (χ0n) is 30.8.